The molecule has 1 N–H and O–H groups in total. The first-order valence-corrected chi connectivity index (χ1v) is 7.74. The molecule has 0 aliphatic rings. The first-order chi connectivity index (χ1) is 10.4. The predicted octanol–water partition coefficient (Wildman–Crippen LogP) is 2.23. The van der Waals surface area contributed by atoms with E-state index in [1.54, 1.807) is 15.6 Å². The maximum absolute atomic E-state index is 12.5. The Labute approximate surface area is 131 Å². The Bertz CT molecular complexity index is 641. The molecule has 2 aromatic rings. The van der Waals surface area contributed by atoms with Crippen molar-refractivity contribution in [2.75, 3.05) is 0 Å². The summed E-state index contributed by atoms with van der Waals surface area (Å²) >= 11 is 0. The van der Waals surface area contributed by atoms with Crippen LogP contribution in [0.1, 0.15) is 55.1 Å². The van der Waals surface area contributed by atoms with Gasteiger partial charge in [-0.3, -0.25) is 14.2 Å². The van der Waals surface area contributed by atoms with E-state index in [-0.39, 0.29) is 11.9 Å². The van der Waals surface area contributed by atoms with Gasteiger partial charge in [0.15, 0.2) is 0 Å². The number of rotatable bonds is 6. The first kappa shape index (κ1) is 16.3. The summed E-state index contributed by atoms with van der Waals surface area (Å²) in [5.74, 6) is 0.418. The number of hydrogen-bond donors (Lipinski definition) is 1. The highest BCUT2D eigenvalue weighted by molar-refractivity contribution is 5.92. The molecule has 2 rings (SSSR count). The van der Waals surface area contributed by atoms with Crippen LogP contribution in [0.25, 0.3) is 0 Å². The molecule has 2 aromatic heterocycles. The fraction of sp³-hybridized carbons (Fsp3) is 0.562. The normalized spacial score (nSPS) is 12.6. The zero-order valence-corrected chi connectivity index (χ0v) is 14.0. The molecule has 0 radical (unpaired) electrons. The third kappa shape index (κ3) is 3.55. The summed E-state index contributed by atoms with van der Waals surface area (Å²) in [5.41, 5.74) is 2.55. The molecule has 6 nitrogen and oxygen atoms in total. The summed E-state index contributed by atoms with van der Waals surface area (Å²) in [4.78, 5) is 12.5. The lowest BCUT2D eigenvalue weighted by Gasteiger charge is -2.17. The van der Waals surface area contributed by atoms with Gasteiger partial charge in [-0.15, -0.1) is 0 Å². The molecular formula is C16H25N5O. The van der Waals surface area contributed by atoms with E-state index >= 15 is 0 Å². The van der Waals surface area contributed by atoms with Crippen molar-refractivity contribution in [2.24, 2.45) is 20.0 Å². The number of nitrogens with one attached hydrogen (secondary N) is 1. The maximum atomic E-state index is 12.5. The number of hydrogen-bond acceptors (Lipinski definition) is 3. The second-order valence-corrected chi connectivity index (χ2v) is 6.06. The molecule has 0 aliphatic heterocycles. The number of amides is 1. The smallest absolute Gasteiger partial charge is 0.270 e. The van der Waals surface area contributed by atoms with Crippen LogP contribution in [-0.2, 0) is 20.5 Å². The lowest BCUT2D eigenvalue weighted by atomic mass is 10.1. The molecule has 0 unspecified atom stereocenters. The molecule has 0 aromatic carbocycles. The van der Waals surface area contributed by atoms with Gasteiger partial charge < -0.3 is 5.32 Å². The zero-order chi connectivity index (χ0) is 16.3. The van der Waals surface area contributed by atoms with Gasteiger partial charge in [0.05, 0.1) is 17.4 Å². The van der Waals surface area contributed by atoms with Gasteiger partial charge in [-0.1, -0.05) is 20.8 Å². The van der Waals surface area contributed by atoms with Gasteiger partial charge in [-0.2, -0.15) is 10.2 Å². The van der Waals surface area contributed by atoms with Gasteiger partial charge >= 0.3 is 0 Å². The Kier molecular flexibility index (Phi) is 5.00. The van der Waals surface area contributed by atoms with Gasteiger partial charge in [0.25, 0.3) is 5.91 Å². The molecule has 1 atom stereocenters. The van der Waals surface area contributed by atoms with Crippen molar-refractivity contribution in [1.82, 2.24) is 24.9 Å². The SMILES string of the molecule is CC[C@H](NC(=O)c1cc(CC(C)C)nn1C)c1ccnn1C. The Balaban J connectivity index is 2.14. The highest BCUT2D eigenvalue weighted by Crippen LogP contribution is 2.16. The number of aryl methyl sites for hydroxylation is 2. The summed E-state index contributed by atoms with van der Waals surface area (Å²) in [6.45, 7) is 6.33. The fourth-order valence-electron chi connectivity index (χ4n) is 2.60. The highest BCUT2D eigenvalue weighted by atomic mass is 16.2. The molecule has 0 aliphatic carbocycles. The molecule has 0 bridgehead atoms. The van der Waals surface area contributed by atoms with Gasteiger partial charge in [0.2, 0.25) is 0 Å². The molecule has 2 heterocycles. The van der Waals surface area contributed by atoms with Gasteiger partial charge in [-0.25, -0.2) is 0 Å². The van der Waals surface area contributed by atoms with Crippen molar-refractivity contribution in [3.8, 4) is 0 Å². The lowest BCUT2D eigenvalue weighted by molar-refractivity contribution is 0.0924. The van der Waals surface area contributed by atoms with Crippen LogP contribution >= 0.6 is 0 Å². The van der Waals surface area contributed by atoms with E-state index < -0.39 is 0 Å². The summed E-state index contributed by atoms with van der Waals surface area (Å²) in [7, 11) is 3.69. The minimum atomic E-state index is -0.0990. The Morgan fingerprint density at radius 3 is 2.59 bits per heavy atom. The van der Waals surface area contributed by atoms with Gasteiger partial charge in [-0.05, 0) is 30.9 Å². The molecule has 0 fully saturated rings. The van der Waals surface area contributed by atoms with Crippen molar-refractivity contribution in [2.45, 2.75) is 39.7 Å². The van der Waals surface area contributed by atoms with Crippen LogP contribution in [0.2, 0.25) is 0 Å². The van der Waals surface area contributed by atoms with E-state index in [0.29, 0.717) is 11.6 Å². The topological polar surface area (TPSA) is 64.7 Å². The first-order valence-electron chi connectivity index (χ1n) is 7.74. The van der Waals surface area contributed by atoms with E-state index in [9.17, 15) is 4.79 Å². The quantitative estimate of drug-likeness (QED) is 0.890. The maximum Gasteiger partial charge on any atom is 0.270 e. The minimum absolute atomic E-state index is 0.0524. The van der Waals surface area contributed by atoms with Gasteiger partial charge in [0, 0.05) is 20.3 Å². The summed E-state index contributed by atoms with van der Waals surface area (Å²) in [6, 6.07) is 3.76. The second-order valence-electron chi connectivity index (χ2n) is 6.06. The zero-order valence-electron chi connectivity index (χ0n) is 14.0. The van der Waals surface area contributed by atoms with E-state index in [1.165, 1.54) is 0 Å². The minimum Gasteiger partial charge on any atom is -0.342 e. The number of nitrogens with zero attached hydrogens (tertiary/aromatic N) is 4. The molecule has 6 heteroatoms. The predicted molar refractivity (Wildman–Crippen MR) is 85.5 cm³/mol. The van der Waals surface area contributed by atoms with Crippen LogP contribution in [0.4, 0.5) is 0 Å². The van der Waals surface area contributed by atoms with Crippen molar-refractivity contribution in [3.63, 3.8) is 0 Å². The standard InChI is InChI=1S/C16H25N5O/c1-6-13(14-7-8-17-20(14)4)18-16(22)15-10-12(9-11(2)3)19-21(15)5/h7-8,10-11,13H,6,9H2,1-5H3,(H,18,22)/t13-/m0/s1. The van der Waals surface area contributed by atoms with Crippen LogP contribution in [-0.4, -0.2) is 25.5 Å². The monoisotopic (exact) mass is 303 g/mol. The van der Waals surface area contributed by atoms with E-state index in [0.717, 1.165) is 24.2 Å². The average Bonchev–Trinajstić information content (AvgIpc) is 3.01. The van der Waals surface area contributed by atoms with E-state index in [4.69, 9.17) is 0 Å². The third-order valence-electron chi connectivity index (χ3n) is 3.71. The van der Waals surface area contributed by atoms with Crippen LogP contribution in [0.15, 0.2) is 18.3 Å². The second kappa shape index (κ2) is 6.77. The third-order valence-corrected chi connectivity index (χ3v) is 3.71. The average molecular weight is 303 g/mol. The summed E-state index contributed by atoms with van der Waals surface area (Å²) < 4.78 is 3.45. The van der Waals surface area contributed by atoms with E-state index in [1.807, 2.05) is 33.2 Å². The van der Waals surface area contributed by atoms with Crippen molar-refractivity contribution >= 4 is 5.91 Å². The van der Waals surface area contributed by atoms with Crippen molar-refractivity contribution in [1.29, 1.82) is 0 Å². The molecular weight excluding hydrogens is 278 g/mol. The molecule has 0 spiro atoms. The Morgan fingerprint density at radius 2 is 2.05 bits per heavy atom. The van der Waals surface area contributed by atoms with Crippen LogP contribution < -0.4 is 5.32 Å². The van der Waals surface area contributed by atoms with Crippen molar-refractivity contribution < 1.29 is 4.79 Å². The molecule has 120 valence electrons. The molecule has 0 saturated heterocycles. The molecule has 0 saturated carbocycles. The van der Waals surface area contributed by atoms with Crippen molar-refractivity contribution in [3.05, 3.63) is 35.4 Å². The Hall–Kier alpha value is -2.11. The number of carbonyl (C=O) groups excluding carboxylic acids is 1. The Morgan fingerprint density at radius 1 is 1.32 bits per heavy atom. The summed E-state index contributed by atoms with van der Waals surface area (Å²) in [6.07, 6.45) is 3.43. The lowest BCUT2D eigenvalue weighted by Crippen LogP contribution is -2.30. The van der Waals surface area contributed by atoms with Crippen LogP contribution in [0.3, 0.4) is 0 Å². The van der Waals surface area contributed by atoms with E-state index in [2.05, 4.69) is 29.4 Å². The summed E-state index contributed by atoms with van der Waals surface area (Å²) in [5, 5.41) is 11.7. The highest BCUT2D eigenvalue weighted by Gasteiger charge is 2.19. The number of aromatic nitrogens is 4. The fourth-order valence-corrected chi connectivity index (χ4v) is 2.60. The molecule has 1 amide bonds. The van der Waals surface area contributed by atoms with Crippen LogP contribution in [0.5, 0.6) is 0 Å². The number of carbonyl (C=O) groups is 1. The molecule has 22 heavy (non-hydrogen) atoms. The van der Waals surface area contributed by atoms with Gasteiger partial charge in [0.1, 0.15) is 5.69 Å². The largest absolute Gasteiger partial charge is 0.342 e. The van der Waals surface area contributed by atoms with Crippen LogP contribution in [0, 0.1) is 5.92 Å².